The summed E-state index contributed by atoms with van der Waals surface area (Å²) in [4.78, 5) is 23.7. The van der Waals surface area contributed by atoms with Crippen molar-refractivity contribution in [2.24, 2.45) is 0 Å². The van der Waals surface area contributed by atoms with E-state index in [9.17, 15) is 14.7 Å². The lowest BCUT2D eigenvalue weighted by molar-refractivity contribution is -0.140. The number of hydrogen-bond donors (Lipinski definition) is 1. The first-order valence-corrected chi connectivity index (χ1v) is 15.8. The van der Waals surface area contributed by atoms with E-state index in [0.717, 1.165) is 64.8 Å². The van der Waals surface area contributed by atoms with Crippen LogP contribution in [0.3, 0.4) is 0 Å². The van der Waals surface area contributed by atoms with Gasteiger partial charge in [-0.2, -0.15) is 0 Å². The minimum atomic E-state index is -0.706. The Hall–Kier alpha value is -4.05. The number of aliphatic hydroxyl groups excluding tert-OH is 1. The van der Waals surface area contributed by atoms with Crippen LogP contribution in [0.5, 0.6) is 11.5 Å². The highest BCUT2D eigenvalue weighted by Crippen LogP contribution is 2.35. The van der Waals surface area contributed by atoms with Gasteiger partial charge in [0.2, 0.25) is 0 Å². The number of carbonyl (C=O) groups is 2. The molecule has 0 bridgehead atoms. The van der Waals surface area contributed by atoms with Crippen LogP contribution < -0.4 is 9.47 Å². The molecule has 0 aliphatic rings. The van der Waals surface area contributed by atoms with E-state index in [1.807, 2.05) is 72.8 Å². The van der Waals surface area contributed by atoms with Gasteiger partial charge in [-0.3, -0.25) is 0 Å². The number of methoxy groups -OCH3 is 1. The van der Waals surface area contributed by atoms with Gasteiger partial charge in [-0.25, -0.2) is 9.59 Å². The van der Waals surface area contributed by atoms with Crippen LogP contribution in [0, 0.1) is 0 Å². The lowest BCUT2D eigenvalue weighted by Gasteiger charge is -2.13. The summed E-state index contributed by atoms with van der Waals surface area (Å²) in [5.41, 5.74) is 2.53. The summed E-state index contributed by atoms with van der Waals surface area (Å²) in [7, 11) is 1.51. The Balaban J connectivity index is 1.33. The summed E-state index contributed by atoms with van der Waals surface area (Å²) in [6.45, 7) is 8.89. The third kappa shape index (κ3) is 13.2. The molecule has 9 heteroatoms. The fourth-order valence-electron chi connectivity index (χ4n) is 4.12. The summed E-state index contributed by atoms with van der Waals surface area (Å²) in [6, 6.07) is 23.4. The highest BCUT2D eigenvalue weighted by atomic mass is 32.2. The Bertz CT molecular complexity index is 1340. The molecule has 0 heterocycles. The molecule has 0 aliphatic carbocycles. The van der Waals surface area contributed by atoms with Crippen molar-refractivity contribution < 1.29 is 38.4 Å². The summed E-state index contributed by atoms with van der Waals surface area (Å²) in [5.74, 6) is 0.671. The molecule has 0 fully saturated rings. The van der Waals surface area contributed by atoms with Crippen molar-refractivity contribution in [1.82, 2.24) is 0 Å². The summed E-state index contributed by atoms with van der Waals surface area (Å²) in [5, 5.41) is 10.8. The molecular formula is C36H42O8S. The SMILES string of the molecule is C=CC(=O)OCCCOc1ccc(-c2ccc(SC(O)c3ccc(OCCCCCCOC(=O)C(=C)COC)cc3)cc2)cc1. The Morgan fingerprint density at radius 3 is 1.89 bits per heavy atom. The van der Waals surface area contributed by atoms with Crippen LogP contribution in [-0.2, 0) is 23.8 Å². The fourth-order valence-corrected chi connectivity index (χ4v) is 4.97. The second-order valence-corrected chi connectivity index (χ2v) is 11.3. The zero-order valence-corrected chi connectivity index (χ0v) is 26.6. The van der Waals surface area contributed by atoms with E-state index in [4.69, 9.17) is 23.7 Å². The van der Waals surface area contributed by atoms with E-state index in [2.05, 4.69) is 13.2 Å². The first-order valence-electron chi connectivity index (χ1n) is 14.9. The average molecular weight is 635 g/mol. The number of rotatable bonds is 21. The number of benzene rings is 3. The van der Waals surface area contributed by atoms with E-state index in [1.165, 1.54) is 18.9 Å². The number of thioether (sulfide) groups is 1. The van der Waals surface area contributed by atoms with Crippen molar-refractivity contribution in [3.8, 4) is 22.6 Å². The number of ether oxygens (including phenoxy) is 5. The number of unbranched alkanes of at least 4 members (excludes halogenated alkanes) is 3. The van der Waals surface area contributed by atoms with Gasteiger partial charge in [0.1, 0.15) is 16.9 Å². The van der Waals surface area contributed by atoms with Gasteiger partial charge in [0, 0.05) is 24.5 Å². The summed E-state index contributed by atoms with van der Waals surface area (Å²) < 4.78 is 26.5. The van der Waals surface area contributed by atoms with Crippen LogP contribution in [0.15, 0.2) is 102 Å². The Morgan fingerprint density at radius 2 is 1.29 bits per heavy atom. The highest BCUT2D eigenvalue weighted by molar-refractivity contribution is 7.99. The van der Waals surface area contributed by atoms with Gasteiger partial charge in [-0.15, -0.1) is 0 Å². The van der Waals surface area contributed by atoms with Crippen molar-refractivity contribution in [1.29, 1.82) is 0 Å². The van der Waals surface area contributed by atoms with Gasteiger partial charge in [-0.05, 0) is 78.8 Å². The molecule has 45 heavy (non-hydrogen) atoms. The Kier molecular flexibility index (Phi) is 15.8. The highest BCUT2D eigenvalue weighted by Gasteiger charge is 2.11. The van der Waals surface area contributed by atoms with Crippen LogP contribution >= 0.6 is 11.8 Å². The number of esters is 2. The second kappa shape index (κ2) is 20.1. The Labute approximate surface area is 270 Å². The monoisotopic (exact) mass is 634 g/mol. The third-order valence-corrected chi connectivity index (χ3v) is 7.61. The minimum absolute atomic E-state index is 0.180. The maximum Gasteiger partial charge on any atom is 0.335 e. The molecule has 1 N–H and O–H groups in total. The topological polar surface area (TPSA) is 101 Å². The van der Waals surface area contributed by atoms with Gasteiger partial charge >= 0.3 is 11.9 Å². The van der Waals surface area contributed by atoms with Crippen molar-refractivity contribution in [2.45, 2.75) is 42.4 Å². The van der Waals surface area contributed by atoms with E-state index in [0.29, 0.717) is 38.4 Å². The van der Waals surface area contributed by atoms with Crippen LogP contribution in [0.1, 0.15) is 43.1 Å². The lowest BCUT2D eigenvalue weighted by Crippen LogP contribution is -2.11. The largest absolute Gasteiger partial charge is 0.494 e. The molecule has 3 rings (SSSR count). The smallest absolute Gasteiger partial charge is 0.335 e. The second-order valence-electron chi connectivity index (χ2n) is 10.1. The van der Waals surface area contributed by atoms with E-state index < -0.39 is 17.4 Å². The van der Waals surface area contributed by atoms with E-state index >= 15 is 0 Å². The van der Waals surface area contributed by atoms with Crippen molar-refractivity contribution in [3.05, 3.63) is 103 Å². The van der Waals surface area contributed by atoms with E-state index in [-0.39, 0.29) is 6.61 Å². The Morgan fingerprint density at radius 1 is 0.756 bits per heavy atom. The molecule has 8 nitrogen and oxygen atoms in total. The molecular weight excluding hydrogens is 592 g/mol. The first kappa shape index (κ1) is 35.4. The lowest BCUT2D eigenvalue weighted by atomic mass is 10.1. The van der Waals surface area contributed by atoms with E-state index in [1.54, 1.807) is 0 Å². The molecule has 240 valence electrons. The molecule has 0 saturated carbocycles. The number of hydrogen-bond acceptors (Lipinski definition) is 9. The maximum absolute atomic E-state index is 11.7. The zero-order valence-electron chi connectivity index (χ0n) is 25.8. The quantitative estimate of drug-likeness (QED) is 0.0425. The molecule has 1 unspecified atom stereocenters. The molecule has 0 amide bonds. The molecule has 0 aromatic heterocycles. The van der Waals surface area contributed by atoms with Crippen LogP contribution in [0.2, 0.25) is 0 Å². The predicted molar refractivity (Wildman–Crippen MR) is 176 cm³/mol. The van der Waals surface area contributed by atoms with Crippen molar-refractivity contribution in [3.63, 3.8) is 0 Å². The van der Waals surface area contributed by atoms with Crippen LogP contribution in [0.4, 0.5) is 0 Å². The van der Waals surface area contributed by atoms with Gasteiger partial charge < -0.3 is 28.8 Å². The molecule has 3 aromatic rings. The molecule has 1 atom stereocenters. The molecule has 0 spiro atoms. The fraction of sp³-hybridized carbons (Fsp3) is 0.333. The van der Waals surface area contributed by atoms with Gasteiger partial charge in [0.15, 0.2) is 0 Å². The number of carbonyl (C=O) groups excluding carboxylic acids is 2. The normalized spacial score (nSPS) is 11.3. The van der Waals surface area contributed by atoms with Gasteiger partial charge in [0.05, 0.1) is 38.6 Å². The van der Waals surface area contributed by atoms with Crippen molar-refractivity contribution >= 4 is 23.7 Å². The number of aliphatic hydroxyl groups is 1. The maximum atomic E-state index is 11.7. The first-order chi connectivity index (χ1) is 21.9. The van der Waals surface area contributed by atoms with Gasteiger partial charge in [0.25, 0.3) is 0 Å². The molecule has 3 aromatic carbocycles. The standard InChI is InChI=1S/C36H42O8S/c1-4-34(37)43-25-9-24-42-31-16-10-28(11-17-31)29-14-20-33(21-15-29)45-36(39)30-12-18-32(19-13-30)41-22-7-5-6-8-23-44-35(38)27(2)26-40-3/h4,10-21,36,39H,1-2,5-9,22-26H2,3H3. The van der Waals surface area contributed by atoms with Gasteiger partial charge in [-0.1, -0.05) is 61.3 Å². The predicted octanol–water partition coefficient (Wildman–Crippen LogP) is 7.32. The molecule has 0 saturated heterocycles. The molecule has 0 radical (unpaired) electrons. The zero-order chi connectivity index (χ0) is 32.3. The third-order valence-electron chi connectivity index (χ3n) is 6.57. The minimum Gasteiger partial charge on any atom is -0.494 e. The summed E-state index contributed by atoms with van der Waals surface area (Å²) >= 11 is 1.38. The average Bonchev–Trinajstić information content (AvgIpc) is 3.06. The molecule has 0 aliphatic heterocycles. The van der Waals surface area contributed by atoms with Crippen LogP contribution in [-0.4, -0.2) is 57.2 Å². The van der Waals surface area contributed by atoms with Crippen LogP contribution in [0.25, 0.3) is 11.1 Å². The summed E-state index contributed by atoms with van der Waals surface area (Å²) in [6.07, 6.45) is 5.35. The van der Waals surface area contributed by atoms with Crippen molar-refractivity contribution in [2.75, 3.05) is 40.1 Å².